The number of fused-ring (bicyclic) bond motifs is 1. The molecule has 1 N–H and O–H groups in total. The van der Waals surface area contributed by atoms with Gasteiger partial charge >= 0.3 is 0 Å². The van der Waals surface area contributed by atoms with E-state index in [1.165, 1.54) is 16.2 Å². The number of benzene rings is 1. The predicted octanol–water partition coefficient (Wildman–Crippen LogP) is 4.78. The van der Waals surface area contributed by atoms with Crippen molar-refractivity contribution in [2.24, 2.45) is 0 Å². The topological polar surface area (TPSA) is 29.5 Å². The van der Waals surface area contributed by atoms with Gasteiger partial charge < -0.3 is 9.84 Å². The van der Waals surface area contributed by atoms with Crippen molar-refractivity contribution >= 4 is 39.0 Å². The number of rotatable bonds is 4. The summed E-state index contributed by atoms with van der Waals surface area (Å²) in [5.74, 6) is 3.01. The molecule has 0 amide bonds. The zero-order chi connectivity index (χ0) is 14.8. The molecule has 0 bridgehead atoms. The summed E-state index contributed by atoms with van der Waals surface area (Å²) < 4.78 is 6.61. The Hall–Kier alpha value is -0.490. The highest BCUT2D eigenvalue weighted by atomic mass is 79.9. The molecule has 2 heterocycles. The zero-order valence-corrected chi connectivity index (χ0v) is 15.0. The van der Waals surface area contributed by atoms with Gasteiger partial charge in [0.25, 0.3) is 0 Å². The first-order chi connectivity index (χ1) is 10.2. The van der Waals surface area contributed by atoms with E-state index in [1.807, 2.05) is 36.9 Å². The Morgan fingerprint density at radius 3 is 3.00 bits per heavy atom. The highest BCUT2D eigenvalue weighted by molar-refractivity contribution is 9.10. The Kier molecular flexibility index (Phi) is 4.94. The number of aliphatic hydroxyl groups excluding tert-OH is 1. The van der Waals surface area contributed by atoms with Gasteiger partial charge in [-0.1, -0.05) is 15.9 Å². The molecule has 0 saturated carbocycles. The molecule has 0 fully saturated rings. The van der Waals surface area contributed by atoms with E-state index in [-0.39, 0.29) is 0 Å². The Morgan fingerprint density at radius 2 is 2.24 bits per heavy atom. The van der Waals surface area contributed by atoms with Crippen molar-refractivity contribution in [1.29, 1.82) is 0 Å². The molecule has 0 radical (unpaired) electrons. The maximum atomic E-state index is 10.8. The smallest absolute Gasteiger partial charge is 0.125 e. The summed E-state index contributed by atoms with van der Waals surface area (Å²) in [6.07, 6.45) is 0.499. The minimum Gasteiger partial charge on any atom is -0.493 e. The maximum Gasteiger partial charge on any atom is 0.125 e. The average molecular weight is 385 g/mol. The number of aryl methyl sites for hydroxylation is 1. The van der Waals surface area contributed by atoms with Crippen molar-refractivity contribution in [3.63, 3.8) is 0 Å². The fourth-order valence-electron chi connectivity index (χ4n) is 2.48. The largest absolute Gasteiger partial charge is 0.493 e. The minimum absolute atomic E-state index is 0.596. The van der Waals surface area contributed by atoms with Crippen LogP contribution in [0.2, 0.25) is 0 Å². The molecular formula is C16H17BrO2S2. The maximum absolute atomic E-state index is 10.8. The Balaban J connectivity index is 1.95. The molecule has 1 aliphatic rings. The number of thiophene rings is 1. The van der Waals surface area contributed by atoms with E-state index in [0.717, 1.165) is 32.8 Å². The molecule has 1 unspecified atom stereocenters. The first-order valence-electron chi connectivity index (χ1n) is 6.98. The van der Waals surface area contributed by atoms with Crippen LogP contribution >= 0.6 is 39.0 Å². The summed E-state index contributed by atoms with van der Waals surface area (Å²) in [5, 5.41) is 10.8. The quantitative estimate of drug-likeness (QED) is 0.821. The van der Waals surface area contributed by atoms with E-state index >= 15 is 0 Å². The molecule has 1 aromatic carbocycles. The number of aliphatic hydroxyl groups is 1. The summed E-state index contributed by atoms with van der Waals surface area (Å²) in [5.41, 5.74) is 2.22. The van der Waals surface area contributed by atoms with Gasteiger partial charge in [0.2, 0.25) is 0 Å². The third kappa shape index (κ3) is 3.31. The van der Waals surface area contributed by atoms with E-state index < -0.39 is 6.10 Å². The van der Waals surface area contributed by atoms with Crippen LogP contribution in [0.1, 0.15) is 33.9 Å². The molecule has 1 aromatic heterocycles. The molecule has 112 valence electrons. The third-order valence-electron chi connectivity index (χ3n) is 3.48. The predicted molar refractivity (Wildman–Crippen MR) is 93.6 cm³/mol. The molecule has 5 heteroatoms. The lowest BCUT2D eigenvalue weighted by atomic mass is 10.1. The first kappa shape index (κ1) is 15.4. The third-order valence-corrected chi connectivity index (χ3v) is 6.27. The second-order valence-corrected chi connectivity index (χ2v) is 8.11. The van der Waals surface area contributed by atoms with Crippen LogP contribution in [0.3, 0.4) is 0 Å². The number of hydrogen-bond acceptors (Lipinski definition) is 4. The van der Waals surface area contributed by atoms with Crippen LogP contribution in [-0.2, 0) is 12.2 Å². The van der Waals surface area contributed by atoms with E-state index in [1.54, 1.807) is 11.3 Å². The molecule has 21 heavy (non-hydrogen) atoms. The van der Waals surface area contributed by atoms with Crippen molar-refractivity contribution in [3.05, 3.63) is 49.6 Å². The Labute approximate surface area is 141 Å². The summed E-state index contributed by atoms with van der Waals surface area (Å²) in [7, 11) is 0. The van der Waals surface area contributed by atoms with Gasteiger partial charge in [-0.25, -0.2) is 0 Å². The lowest BCUT2D eigenvalue weighted by Gasteiger charge is -2.15. The van der Waals surface area contributed by atoms with E-state index in [9.17, 15) is 5.11 Å². The summed E-state index contributed by atoms with van der Waals surface area (Å²) >= 11 is 7.18. The lowest BCUT2D eigenvalue weighted by molar-refractivity contribution is 0.215. The van der Waals surface area contributed by atoms with Gasteiger partial charge in [0.15, 0.2) is 0 Å². The highest BCUT2D eigenvalue weighted by Gasteiger charge is 2.21. The molecular weight excluding hydrogens is 368 g/mol. The normalized spacial score (nSPS) is 15.6. The van der Waals surface area contributed by atoms with Gasteiger partial charge in [-0.2, -0.15) is 11.8 Å². The molecule has 0 aliphatic carbocycles. The molecule has 2 nitrogen and oxygen atoms in total. The van der Waals surface area contributed by atoms with Crippen LogP contribution in [0.15, 0.2) is 28.7 Å². The van der Waals surface area contributed by atoms with Crippen molar-refractivity contribution in [2.75, 3.05) is 12.4 Å². The van der Waals surface area contributed by atoms with Crippen LogP contribution in [0, 0.1) is 0 Å². The van der Waals surface area contributed by atoms with Gasteiger partial charge in [0.05, 0.1) is 6.61 Å². The molecule has 2 aromatic rings. The number of thioether (sulfide) groups is 1. The van der Waals surface area contributed by atoms with Crippen molar-refractivity contribution in [3.8, 4) is 5.75 Å². The van der Waals surface area contributed by atoms with Gasteiger partial charge in [-0.05, 0) is 48.9 Å². The molecule has 0 spiro atoms. The first-order valence-corrected chi connectivity index (χ1v) is 9.75. The van der Waals surface area contributed by atoms with Crippen LogP contribution in [0.5, 0.6) is 5.75 Å². The second kappa shape index (κ2) is 6.73. The second-order valence-electron chi connectivity index (χ2n) is 4.92. The Morgan fingerprint density at radius 1 is 1.38 bits per heavy atom. The van der Waals surface area contributed by atoms with Gasteiger partial charge in [-0.3, -0.25) is 0 Å². The SMILES string of the molecule is CCOc1ccc(Br)cc1C(O)c1cc2c(s1)CCSC2. The van der Waals surface area contributed by atoms with Crippen molar-refractivity contribution in [2.45, 2.75) is 25.2 Å². The van der Waals surface area contributed by atoms with Crippen LogP contribution in [0.25, 0.3) is 0 Å². The summed E-state index contributed by atoms with van der Waals surface area (Å²) in [6.45, 7) is 2.55. The zero-order valence-electron chi connectivity index (χ0n) is 11.8. The van der Waals surface area contributed by atoms with Crippen molar-refractivity contribution in [1.82, 2.24) is 0 Å². The molecule has 3 rings (SSSR count). The van der Waals surface area contributed by atoms with E-state index in [4.69, 9.17) is 4.74 Å². The standard InChI is InChI=1S/C16H17BrO2S2/c1-2-19-13-4-3-11(17)8-12(13)16(18)15-7-10-9-20-6-5-14(10)21-15/h3-4,7-8,16,18H,2,5-6,9H2,1H3. The van der Waals surface area contributed by atoms with Gasteiger partial charge in [0, 0.05) is 25.5 Å². The summed E-state index contributed by atoms with van der Waals surface area (Å²) in [4.78, 5) is 2.44. The number of halogens is 1. The number of ether oxygens (including phenoxy) is 1. The van der Waals surface area contributed by atoms with Crippen LogP contribution < -0.4 is 4.74 Å². The van der Waals surface area contributed by atoms with Crippen LogP contribution in [0.4, 0.5) is 0 Å². The molecule has 0 saturated heterocycles. The fraction of sp³-hybridized carbons (Fsp3) is 0.375. The number of hydrogen-bond donors (Lipinski definition) is 1. The minimum atomic E-state index is -0.621. The van der Waals surface area contributed by atoms with E-state index in [0.29, 0.717) is 6.61 Å². The van der Waals surface area contributed by atoms with Gasteiger partial charge in [-0.15, -0.1) is 11.3 Å². The fourth-order valence-corrected chi connectivity index (χ4v) is 5.24. The average Bonchev–Trinajstić information content (AvgIpc) is 2.92. The van der Waals surface area contributed by atoms with Crippen LogP contribution in [-0.4, -0.2) is 17.5 Å². The lowest BCUT2D eigenvalue weighted by Crippen LogP contribution is -2.02. The molecule has 1 atom stereocenters. The molecule has 1 aliphatic heterocycles. The highest BCUT2D eigenvalue weighted by Crippen LogP contribution is 2.39. The van der Waals surface area contributed by atoms with E-state index in [2.05, 4.69) is 22.0 Å². The monoisotopic (exact) mass is 384 g/mol. The van der Waals surface area contributed by atoms with Gasteiger partial charge in [0.1, 0.15) is 11.9 Å². The summed E-state index contributed by atoms with van der Waals surface area (Å²) in [6, 6.07) is 7.96. The Bertz CT molecular complexity index is 616. The van der Waals surface area contributed by atoms with Crippen molar-refractivity contribution < 1.29 is 9.84 Å².